The summed E-state index contributed by atoms with van der Waals surface area (Å²) in [7, 11) is 0. The average Bonchev–Trinajstić information content (AvgIpc) is 2.68. The van der Waals surface area contributed by atoms with E-state index in [1.54, 1.807) is 36.7 Å². The number of aromatic nitrogens is 3. The molecule has 3 rings (SSSR count). The zero-order valence-corrected chi connectivity index (χ0v) is 14.4. The zero-order valence-electron chi connectivity index (χ0n) is 14.4. The first-order valence-corrected chi connectivity index (χ1v) is 8.30. The van der Waals surface area contributed by atoms with Crippen LogP contribution >= 0.6 is 0 Å². The van der Waals surface area contributed by atoms with Gasteiger partial charge in [0.25, 0.3) is 0 Å². The van der Waals surface area contributed by atoms with Crippen LogP contribution in [0.5, 0.6) is 0 Å². The number of nitrogens with zero attached hydrogens (tertiary/aromatic N) is 3. The minimum atomic E-state index is -0.270. The fraction of sp³-hybridized carbons (Fsp3) is 0.211. The number of anilines is 2. The van der Waals surface area contributed by atoms with Gasteiger partial charge in [0.05, 0.1) is 12.3 Å². The number of hydrogen-bond acceptors (Lipinski definition) is 6. The summed E-state index contributed by atoms with van der Waals surface area (Å²) in [6, 6.07) is 11.9. The van der Waals surface area contributed by atoms with Crippen molar-refractivity contribution < 1.29 is 9.50 Å². The maximum Gasteiger partial charge on any atom is 0.225 e. The molecule has 7 heteroatoms. The van der Waals surface area contributed by atoms with Crippen LogP contribution in [0.3, 0.4) is 0 Å². The average molecular weight is 353 g/mol. The first kappa shape index (κ1) is 17.8. The Morgan fingerprint density at radius 1 is 1.15 bits per heavy atom. The van der Waals surface area contributed by atoms with Crippen LogP contribution in [0.1, 0.15) is 12.5 Å². The molecule has 2 aromatic heterocycles. The zero-order chi connectivity index (χ0) is 18.4. The van der Waals surface area contributed by atoms with Crippen molar-refractivity contribution in [2.75, 3.05) is 17.2 Å². The van der Waals surface area contributed by atoms with Gasteiger partial charge in [0.2, 0.25) is 5.95 Å². The summed E-state index contributed by atoms with van der Waals surface area (Å²) < 4.78 is 13.8. The second-order valence-electron chi connectivity index (χ2n) is 5.88. The van der Waals surface area contributed by atoms with E-state index in [2.05, 4.69) is 25.6 Å². The molecule has 134 valence electrons. The fourth-order valence-corrected chi connectivity index (χ4v) is 2.36. The van der Waals surface area contributed by atoms with E-state index in [1.807, 2.05) is 19.1 Å². The highest BCUT2D eigenvalue weighted by Crippen LogP contribution is 2.21. The van der Waals surface area contributed by atoms with Crippen LogP contribution in [0, 0.1) is 5.82 Å². The molecule has 0 amide bonds. The van der Waals surface area contributed by atoms with Gasteiger partial charge in [-0.3, -0.25) is 4.98 Å². The van der Waals surface area contributed by atoms with Crippen molar-refractivity contribution in [3.8, 4) is 11.3 Å². The molecule has 1 aromatic carbocycles. The number of rotatable bonds is 7. The van der Waals surface area contributed by atoms with Crippen molar-refractivity contribution in [1.29, 1.82) is 0 Å². The van der Waals surface area contributed by atoms with E-state index < -0.39 is 0 Å². The lowest BCUT2D eigenvalue weighted by atomic mass is 10.2. The highest BCUT2D eigenvalue weighted by molar-refractivity contribution is 5.63. The molecule has 26 heavy (non-hydrogen) atoms. The summed E-state index contributed by atoms with van der Waals surface area (Å²) in [6.45, 7) is 2.08. The summed E-state index contributed by atoms with van der Waals surface area (Å²) in [6.07, 6.45) is 3.40. The van der Waals surface area contributed by atoms with Gasteiger partial charge in [0, 0.05) is 42.2 Å². The smallest absolute Gasteiger partial charge is 0.225 e. The predicted molar refractivity (Wildman–Crippen MR) is 99.2 cm³/mol. The Morgan fingerprint density at radius 2 is 2.00 bits per heavy atom. The van der Waals surface area contributed by atoms with E-state index in [9.17, 15) is 9.50 Å². The van der Waals surface area contributed by atoms with E-state index in [0.717, 1.165) is 5.56 Å². The number of aliphatic hydroxyl groups excluding tert-OH is 1. The molecular weight excluding hydrogens is 333 g/mol. The van der Waals surface area contributed by atoms with Crippen molar-refractivity contribution in [3.05, 3.63) is 66.2 Å². The van der Waals surface area contributed by atoms with E-state index in [-0.39, 0.29) is 18.5 Å². The molecule has 0 radical (unpaired) electrons. The molecule has 3 N–H and O–H groups in total. The molecule has 0 spiro atoms. The van der Waals surface area contributed by atoms with Crippen molar-refractivity contribution in [1.82, 2.24) is 15.0 Å². The van der Waals surface area contributed by atoms with Crippen LogP contribution in [0.4, 0.5) is 16.2 Å². The van der Waals surface area contributed by atoms with Crippen LogP contribution in [-0.2, 0) is 6.54 Å². The Bertz CT molecular complexity index is 860. The second-order valence-corrected chi connectivity index (χ2v) is 5.88. The van der Waals surface area contributed by atoms with Gasteiger partial charge in [-0.05, 0) is 25.1 Å². The molecule has 0 bridgehead atoms. The highest BCUT2D eigenvalue weighted by atomic mass is 19.1. The predicted octanol–water partition coefficient (Wildman–Crippen LogP) is 3.08. The summed E-state index contributed by atoms with van der Waals surface area (Å²) >= 11 is 0. The van der Waals surface area contributed by atoms with Gasteiger partial charge in [0.1, 0.15) is 11.6 Å². The molecule has 0 aliphatic carbocycles. The number of nitrogens with one attached hydrogen (secondary N) is 2. The van der Waals surface area contributed by atoms with Crippen molar-refractivity contribution in [3.63, 3.8) is 0 Å². The third kappa shape index (κ3) is 4.52. The molecule has 0 aliphatic rings. The summed E-state index contributed by atoms with van der Waals surface area (Å²) in [5, 5.41) is 15.4. The van der Waals surface area contributed by atoms with Gasteiger partial charge < -0.3 is 15.7 Å². The standard InChI is InChI=1S/C19H20FN5O/c1-13(12-26)23-19-24-17(15-6-4-8-21-10-15)9-18(25-19)22-11-14-5-2-3-7-16(14)20/h2-10,13,26H,11-12H2,1H3,(H2,22,23,24,25)/t13-/m0/s1. The first-order chi connectivity index (χ1) is 12.7. The van der Waals surface area contributed by atoms with E-state index in [1.165, 1.54) is 6.07 Å². The summed E-state index contributed by atoms with van der Waals surface area (Å²) in [4.78, 5) is 13.0. The lowest BCUT2D eigenvalue weighted by Crippen LogP contribution is -2.21. The molecule has 2 heterocycles. The van der Waals surface area contributed by atoms with Crippen LogP contribution in [0.15, 0.2) is 54.9 Å². The van der Waals surface area contributed by atoms with E-state index in [4.69, 9.17) is 0 Å². The normalized spacial score (nSPS) is 11.8. The maximum atomic E-state index is 13.8. The monoisotopic (exact) mass is 353 g/mol. The van der Waals surface area contributed by atoms with Crippen LogP contribution in [0.2, 0.25) is 0 Å². The van der Waals surface area contributed by atoms with Gasteiger partial charge >= 0.3 is 0 Å². The third-order valence-electron chi connectivity index (χ3n) is 3.75. The fourth-order valence-electron chi connectivity index (χ4n) is 2.36. The molecule has 0 saturated carbocycles. The van der Waals surface area contributed by atoms with Gasteiger partial charge in [0.15, 0.2) is 0 Å². The SMILES string of the molecule is C[C@@H](CO)Nc1nc(NCc2ccccc2F)cc(-c2cccnc2)n1. The number of pyridine rings is 1. The maximum absolute atomic E-state index is 13.8. The Hall–Kier alpha value is -3.06. The molecular formula is C19H20FN5O. The third-order valence-corrected chi connectivity index (χ3v) is 3.75. The Balaban J connectivity index is 1.88. The molecule has 6 nitrogen and oxygen atoms in total. The second kappa shape index (κ2) is 8.35. The molecule has 0 unspecified atom stereocenters. The molecule has 1 atom stereocenters. The van der Waals surface area contributed by atoms with Crippen molar-refractivity contribution in [2.45, 2.75) is 19.5 Å². The summed E-state index contributed by atoms with van der Waals surface area (Å²) in [5.74, 6) is 0.660. The largest absolute Gasteiger partial charge is 0.394 e. The van der Waals surface area contributed by atoms with Gasteiger partial charge in [-0.25, -0.2) is 9.37 Å². The van der Waals surface area contributed by atoms with Gasteiger partial charge in [-0.15, -0.1) is 0 Å². The Labute approximate surface area is 151 Å². The minimum Gasteiger partial charge on any atom is -0.394 e. The quantitative estimate of drug-likeness (QED) is 0.605. The lowest BCUT2D eigenvalue weighted by molar-refractivity contribution is 0.281. The van der Waals surface area contributed by atoms with Gasteiger partial charge in [-0.1, -0.05) is 18.2 Å². The van der Waals surface area contributed by atoms with Crippen molar-refractivity contribution >= 4 is 11.8 Å². The molecule has 3 aromatic rings. The van der Waals surface area contributed by atoms with E-state index in [0.29, 0.717) is 29.6 Å². The van der Waals surface area contributed by atoms with Crippen LogP contribution < -0.4 is 10.6 Å². The highest BCUT2D eigenvalue weighted by Gasteiger charge is 2.10. The lowest BCUT2D eigenvalue weighted by Gasteiger charge is -2.14. The van der Waals surface area contributed by atoms with E-state index >= 15 is 0 Å². The molecule has 0 fully saturated rings. The first-order valence-electron chi connectivity index (χ1n) is 8.30. The number of halogens is 1. The minimum absolute atomic E-state index is 0.0432. The van der Waals surface area contributed by atoms with Crippen molar-refractivity contribution in [2.24, 2.45) is 0 Å². The number of aliphatic hydroxyl groups is 1. The number of benzene rings is 1. The molecule has 0 saturated heterocycles. The summed E-state index contributed by atoms with van der Waals surface area (Å²) in [5.41, 5.74) is 2.06. The Morgan fingerprint density at radius 3 is 2.73 bits per heavy atom. The topological polar surface area (TPSA) is 83.0 Å². The van der Waals surface area contributed by atoms with Gasteiger partial charge in [-0.2, -0.15) is 4.98 Å². The Kier molecular flexibility index (Phi) is 5.70. The van der Waals surface area contributed by atoms with Crippen LogP contribution in [0.25, 0.3) is 11.3 Å². The van der Waals surface area contributed by atoms with Crippen LogP contribution in [-0.4, -0.2) is 32.7 Å². The molecule has 0 aliphatic heterocycles. The number of hydrogen-bond donors (Lipinski definition) is 3.